The summed E-state index contributed by atoms with van der Waals surface area (Å²) in [5.41, 5.74) is 1.46. The zero-order valence-corrected chi connectivity index (χ0v) is 6.64. The average molecular weight is 171 g/mol. The van der Waals surface area contributed by atoms with Gasteiger partial charge in [0.15, 0.2) is 5.58 Å². The Labute approximate surface area is 73.2 Å². The number of fused-ring (bicyclic) bond motifs is 3. The molecule has 0 radical (unpaired) electrons. The van der Waals surface area contributed by atoms with Crippen LogP contribution < -0.4 is 0 Å². The summed E-state index contributed by atoms with van der Waals surface area (Å²) in [4.78, 5) is 4.03. The van der Waals surface area contributed by atoms with Gasteiger partial charge in [-0.25, -0.2) is 0 Å². The maximum absolute atomic E-state index is 5.03. The van der Waals surface area contributed by atoms with Gasteiger partial charge in [0.05, 0.1) is 0 Å². The number of hydrogen-bond donors (Lipinski definition) is 0. The minimum absolute atomic E-state index is 0.700. The topological polar surface area (TPSA) is 51.8 Å². The van der Waals surface area contributed by atoms with E-state index in [1.807, 2.05) is 18.2 Å². The fraction of sp³-hybridized carbons (Fsp3) is 0. The highest BCUT2D eigenvalue weighted by atomic mass is 16.5. The first-order valence-electron chi connectivity index (χ1n) is 3.90. The number of pyridine rings is 1. The Balaban J connectivity index is 2.65. The highest BCUT2D eigenvalue weighted by Crippen LogP contribution is 2.21. The summed E-state index contributed by atoms with van der Waals surface area (Å²) in [6, 6.07) is 5.79. The summed E-state index contributed by atoms with van der Waals surface area (Å²) in [5.74, 6) is 0. The molecule has 0 aliphatic rings. The number of aromatic nitrogens is 3. The number of benzene rings is 1. The molecule has 2 aromatic heterocycles. The van der Waals surface area contributed by atoms with Crippen molar-refractivity contribution in [3.8, 4) is 0 Å². The normalized spacial score (nSPS) is 11.1. The molecule has 0 unspecified atom stereocenters. The molecule has 2 heterocycles. The van der Waals surface area contributed by atoms with Gasteiger partial charge in [0.1, 0.15) is 5.52 Å². The third-order valence-electron chi connectivity index (χ3n) is 2.03. The quantitative estimate of drug-likeness (QED) is 0.517. The van der Waals surface area contributed by atoms with Crippen LogP contribution >= 0.6 is 0 Å². The van der Waals surface area contributed by atoms with Gasteiger partial charge in [0, 0.05) is 23.1 Å². The molecule has 0 aliphatic heterocycles. The monoisotopic (exact) mass is 171 g/mol. The summed E-state index contributed by atoms with van der Waals surface area (Å²) in [6.45, 7) is 0. The minimum Gasteiger partial charge on any atom is -0.336 e. The fourth-order valence-corrected chi connectivity index (χ4v) is 1.40. The predicted octanol–water partition coefficient (Wildman–Crippen LogP) is 1.77. The Morgan fingerprint density at radius 3 is 3.15 bits per heavy atom. The lowest BCUT2D eigenvalue weighted by Crippen LogP contribution is -1.75. The standard InChI is InChI=1S/C9H5N3O/c1-2-8-9(13-12-11-8)7-5-10-4-3-6(1)7/h1-5H. The average Bonchev–Trinajstić information content (AvgIpc) is 2.65. The molecule has 0 saturated heterocycles. The van der Waals surface area contributed by atoms with E-state index in [2.05, 4.69) is 15.4 Å². The van der Waals surface area contributed by atoms with Gasteiger partial charge >= 0.3 is 0 Å². The molecule has 0 aliphatic carbocycles. The van der Waals surface area contributed by atoms with E-state index in [0.717, 1.165) is 16.3 Å². The molecule has 0 bridgehead atoms. The molecule has 0 spiro atoms. The molecular weight excluding hydrogens is 166 g/mol. The van der Waals surface area contributed by atoms with E-state index >= 15 is 0 Å². The smallest absolute Gasteiger partial charge is 0.196 e. The molecule has 4 heteroatoms. The molecule has 0 N–H and O–H groups in total. The van der Waals surface area contributed by atoms with Crippen molar-refractivity contribution >= 4 is 21.9 Å². The van der Waals surface area contributed by atoms with Crippen LogP contribution in [-0.4, -0.2) is 15.4 Å². The highest BCUT2D eigenvalue weighted by molar-refractivity contribution is 6.01. The van der Waals surface area contributed by atoms with E-state index in [4.69, 9.17) is 4.52 Å². The summed E-state index contributed by atoms with van der Waals surface area (Å²) >= 11 is 0. The second kappa shape index (κ2) is 2.26. The molecule has 0 amide bonds. The zero-order chi connectivity index (χ0) is 8.67. The van der Waals surface area contributed by atoms with Crippen LogP contribution in [0.5, 0.6) is 0 Å². The minimum atomic E-state index is 0.700. The lowest BCUT2D eigenvalue weighted by atomic mass is 10.1. The van der Waals surface area contributed by atoms with Gasteiger partial charge in [-0.1, -0.05) is 6.07 Å². The van der Waals surface area contributed by atoms with Crippen molar-refractivity contribution in [2.24, 2.45) is 0 Å². The summed E-state index contributed by atoms with van der Waals surface area (Å²) in [7, 11) is 0. The number of hydrogen-bond acceptors (Lipinski definition) is 4. The van der Waals surface area contributed by atoms with Crippen LogP contribution in [0.2, 0.25) is 0 Å². The van der Waals surface area contributed by atoms with E-state index < -0.39 is 0 Å². The predicted molar refractivity (Wildman–Crippen MR) is 47.1 cm³/mol. The Bertz CT molecular complexity index is 573. The van der Waals surface area contributed by atoms with Gasteiger partial charge in [-0.2, -0.15) is 0 Å². The van der Waals surface area contributed by atoms with Crippen molar-refractivity contribution in [1.82, 2.24) is 15.4 Å². The third kappa shape index (κ3) is 0.823. The van der Waals surface area contributed by atoms with Crippen molar-refractivity contribution in [2.75, 3.05) is 0 Å². The van der Waals surface area contributed by atoms with Crippen molar-refractivity contribution < 1.29 is 4.52 Å². The second-order valence-electron chi connectivity index (χ2n) is 2.78. The van der Waals surface area contributed by atoms with Crippen LogP contribution in [0.25, 0.3) is 21.9 Å². The van der Waals surface area contributed by atoms with E-state index in [9.17, 15) is 0 Å². The maximum atomic E-state index is 5.03. The van der Waals surface area contributed by atoms with Crippen LogP contribution in [0.3, 0.4) is 0 Å². The fourth-order valence-electron chi connectivity index (χ4n) is 1.40. The molecular formula is C9H5N3O. The number of rotatable bonds is 0. The van der Waals surface area contributed by atoms with E-state index in [1.54, 1.807) is 12.4 Å². The van der Waals surface area contributed by atoms with Crippen molar-refractivity contribution in [3.05, 3.63) is 30.6 Å². The first kappa shape index (κ1) is 6.54. The van der Waals surface area contributed by atoms with E-state index in [1.165, 1.54) is 0 Å². The Hall–Kier alpha value is -1.97. The molecule has 13 heavy (non-hydrogen) atoms. The lowest BCUT2D eigenvalue weighted by Gasteiger charge is -1.93. The van der Waals surface area contributed by atoms with Crippen LogP contribution in [0.1, 0.15) is 0 Å². The SMILES string of the molecule is c1cc2ccc3nnoc3c2cn1. The van der Waals surface area contributed by atoms with Crippen LogP contribution in [0.4, 0.5) is 0 Å². The lowest BCUT2D eigenvalue weighted by molar-refractivity contribution is 0.426. The van der Waals surface area contributed by atoms with E-state index in [-0.39, 0.29) is 0 Å². The van der Waals surface area contributed by atoms with Crippen LogP contribution in [0.15, 0.2) is 35.1 Å². The summed E-state index contributed by atoms with van der Waals surface area (Å²) in [6.07, 6.45) is 3.50. The van der Waals surface area contributed by atoms with Crippen molar-refractivity contribution in [1.29, 1.82) is 0 Å². The Kier molecular flexibility index (Phi) is 1.14. The van der Waals surface area contributed by atoms with Crippen molar-refractivity contribution in [2.45, 2.75) is 0 Å². The van der Waals surface area contributed by atoms with E-state index in [0.29, 0.717) is 5.58 Å². The molecule has 3 aromatic rings. The molecule has 0 saturated carbocycles. The Morgan fingerprint density at radius 1 is 1.15 bits per heavy atom. The molecule has 3 rings (SSSR count). The van der Waals surface area contributed by atoms with Crippen LogP contribution in [-0.2, 0) is 0 Å². The molecule has 0 atom stereocenters. The molecule has 62 valence electrons. The van der Waals surface area contributed by atoms with Gasteiger partial charge in [0.25, 0.3) is 0 Å². The summed E-state index contributed by atoms with van der Waals surface area (Å²) < 4.78 is 5.03. The van der Waals surface area contributed by atoms with Gasteiger partial charge in [-0.15, -0.1) is 5.10 Å². The first-order chi connectivity index (χ1) is 6.45. The van der Waals surface area contributed by atoms with Gasteiger partial charge in [-0.3, -0.25) is 4.98 Å². The third-order valence-corrected chi connectivity index (χ3v) is 2.03. The highest BCUT2D eigenvalue weighted by Gasteiger charge is 2.04. The molecule has 1 aromatic carbocycles. The van der Waals surface area contributed by atoms with Gasteiger partial charge in [0.2, 0.25) is 0 Å². The zero-order valence-electron chi connectivity index (χ0n) is 6.64. The molecule has 4 nitrogen and oxygen atoms in total. The number of nitrogens with zero attached hydrogens (tertiary/aromatic N) is 3. The van der Waals surface area contributed by atoms with Gasteiger partial charge in [-0.05, 0) is 17.5 Å². The summed E-state index contributed by atoms with van der Waals surface area (Å²) in [5, 5.41) is 9.36. The molecule has 0 fully saturated rings. The second-order valence-corrected chi connectivity index (χ2v) is 2.78. The van der Waals surface area contributed by atoms with Crippen LogP contribution in [0, 0.1) is 0 Å². The largest absolute Gasteiger partial charge is 0.336 e. The first-order valence-corrected chi connectivity index (χ1v) is 3.90. The van der Waals surface area contributed by atoms with Crippen molar-refractivity contribution in [3.63, 3.8) is 0 Å². The maximum Gasteiger partial charge on any atom is 0.196 e. The van der Waals surface area contributed by atoms with Gasteiger partial charge < -0.3 is 4.52 Å². The Morgan fingerprint density at radius 2 is 2.15 bits per heavy atom.